The summed E-state index contributed by atoms with van der Waals surface area (Å²) in [6, 6.07) is 0. The molecule has 10 nitrogen and oxygen atoms in total. The quantitative estimate of drug-likeness (QED) is 0.127. The third-order valence-corrected chi connectivity index (χ3v) is 11.7. The first-order valence-electron chi connectivity index (χ1n) is 16.9. The summed E-state index contributed by atoms with van der Waals surface area (Å²) in [7, 11) is 0. The van der Waals surface area contributed by atoms with Crippen LogP contribution in [0.5, 0.6) is 0 Å². The molecule has 0 saturated carbocycles. The zero-order chi connectivity index (χ0) is 33.4. The Kier molecular flexibility index (Phi) is 14.6. The smallest absolute Gasteiger partial charge is 0.344 e. The summed E-state index contributed by atoms with van der Waals surface area (Å²) >= 11 is 0. The number of ketones is 1. The molecule has 11 heteroatoms. The van der Waals surface area contributed by atoms with Gasteiger partial charge in [0.05, 0.1) is 42.5 Å². The second-order valence-electron chi connectivity index (χ2n) is 14.8. The van der Waals surface area contributed by atoms with E-state index >= 15 is 0 Å². The molecule has 257 valence electrons. The van der Waals surface area contributed by atoms with Gasteiger partial charge in [0.2, 0.25) is 0 Å². The predicted octanol–water partition coefficient (Wildman–Crippen LogP) is 4.52. The molecule has 3 heterocycles. The molecule has 1 radical (unpaired) electrons. The van der Waals surface area contributed by atoms with E-state index in [1.54, 1.807) is 6.92 Å². The van der Waals surface area contributed by atoms with Crippen molar-refractivity contribution in [3.8, 4) is 0 Å². The van der Waals surface area contributed by atoms with Gasteiger partial charge in [-0.15, -0.1) is 0 Å². The fourth-order valence-corrected chi connectivity index (χ4v) is 8.86. The van der Waals surface area contributed by atoms with E-state index in [1.165, 1.54) is 0 Å². The van der Waals surface area contributed by atoms with Gasteiger partial charge in [-0.2, -0.15) is 5.26 Å². The van der Waals surface area contributed by atoms with Crippen LogP contribution in [0.4, 0.5) is 0 Å². The Hall–Kier alpha value is -0.140. The van der Waals surface area contributed by atoms with Crippen molar-refractivity contribution in [2.45, 2.75) is 162 Å². The molecule has 0 spiro atoms. The van der Waals surface area contributed by atoms with Gasteiger partial charge in [0, 0.05) is 53.2 Å². The summed E-state index contributed by atoms with van der Waals surface area (Å²) in [5, 5.41) is 43.2. The second-order valence-corrected chi connectivity index (χ2v) is 14.8. The largest absolute Gasteiger partial charge is 0.392 e. The fraction of sp³-hybridized carbons (Fsp3) is 0.941. The minimum Gasteiger partial charge on any atom is -0.392 e. The zero-order valence-electron chi connectivity index (χ0n) is 29.6. The van der Waals surface area contributed by atoms with Crippen molar-refractivity contribution < 1.29 is 49.3 Å². The van der Waals surface area contributed by atoms with Gasteiger partial charge in [-0.25, -0.2) is 4.79 Å². The Morgan fingerprint density at radius 3 is 2.11 bits per heavy atom. The Balaban J connectivity index is 0.00000705. The van der Waals surface area contributed by atoms with Crippen LogP contribution in [0, 0.1) is 41.4 Å². The minimum atomic E-state index is -1.63. The van der Waals surface area contributed by atoms with E-state index in [9.17, 15) is 24.9 Å². The third-order valence-electron chi connectivity index (χ3n) is 11.7. The molecule has 4 N–H and O–H groups in total. The molecule has 3 aliphatic heterocycles. The maximum atomic E-state index is 14.1. The third kappa shape index (κ3) is 7.86. The molecule has 0 aromatic carbocycles. The number of hydrogen-bond donors (Lipinski definition) is 4. The number of aliphatic hydroxyl groups is 3. The van der Waals surface area contributed by atoms with Crippen LogP contribution < -0.4 is 0 Å². The molecule has 3 rings (SSSR count). The van der Waals surface area contributed by atoms with Crippen LogP contribution in [0.3, 0.4) is 0 Å². The SMILES string of the molecule is CC[C@@H](C(=O)[C@@H](C)[C@@H](O)[C@@H](C)[C@H]1O[C@@H](CC(=O)OO)[C@H](C)C[C@@H]1C)[C@H]1O[C@](C)([C@]2(O)O[C@](CC)([C@@H](O)CC)C[C@H]2C)C[C@@H]1C.[Na]. The molecule has 0 bridgehead atoms. The Labute approximate surface area is 292 Å². The Morgan fingerprint density at radius 1 is 0.956 bits per heavy atom. The number of carbonyl (C=O) groups excluding carboxylic acids is 2. The van der Waals surface area contributed by atoms with Crippen molar-refractivity contribution in [1.82, 2.24) is 0 Å². The molecular formula is C34H60NaO10. The standard InChI is InChI=1S/C34H60O10.Na/c1-11-24(29(38)22(8)28(37)23(9)30-19(5)14-18(4)25(41-30)15-27(36)43-40)31-20(6)16-32(10,42-31)34(39)21(7)17-33(13-3,44-34)26(35)12-2;/h18-26,28,30-31,35,37,39-40H,11-17H2,1-10H3;/t18-,19+,20+,21-,22+,23-,24+,25+,26+,28-,30+,31+,32+,33+,34-;/m1./s1. The average Bonchev–Trinajstić information content (AvgIpc) is 3.46. The van der Waals surface area contributed by atoms with Crippen LogP contribution in [0.25, 0.3) is 0 Å². The average molecular weight is 652 g/mol. The van der Waals surface area contributed by atoms with Crippen LogP contribution in [-0.4, -0.2) is 109 Å². The molecule has 0 amide bonds. The summed E-state index contributed by atoms with van der Waals surface area (Å²) < 4.78 is 19.4. The van der Waals surface area contributed by atoms with Gasteiger partial charge in [0.1, 0.15) is 11.4 Å². The van der Waals surface area contributed by atoms with Gasteiger partial charge in [-0.1, -0.05) is 62.3 Å². The van der Waals surface area contributed by atoms with Crippen molar-refractivity contribution >= 4 is 41.3 Å². The topological polar surface area (TPSA) is 152 Å². The zero-order valence-corrected chi connectivity index (χ0v) is 31.6. The van der Waals surface area contributed by atoms with Crippen molar-refractivity contribution in [2.24, 2.45) is 41.4 Å². The van der Waals surface area contributed by atoms with Gasteiger partial charge in [-0.3, -0.25) is 4.79 Å². The van der Waals surface area contributed by atoms with Crippen LogP contribution in [0.2, 0.25) is 0 Å². The molecule has 3 saturated heterocycles. The van der Waals surface area contributed by atoms with Crippen molar-refractivity contribution in [3.05, 3.63) is 0 Å². The first kappa shape index (κ1) is 41.0. The molecule has 0 aliphatic carbocycles. The Morgan fingerprint density at radius 2 is 1.58 bits per heavy atom. The molecule has 0 unspecified atom stereocenters. The van der Waals surface area contributed by atoms with Gasteiger partial charge < -0.3 is 34.4 Å². The van der Waals surface area contributed by atoms with E-state index < -0.39 is 65.1 Å². The van der Waals surface area contributed by atoms with Crippen LogP contribution in [0.15, 0.2) is 0 Å². The van der Waals surface area contributed by atoms with E-state index in [4.69, 9.17) is 19.5 Å². The first-order chi connectivity index (χ1) is 20.4. The summed E-state index contributed by atoms with van der Waals surface area (Å²) in [5.41, 5.74) is -1.95. The number of ether oxygens (including phenoxy) is 3. The summed E-state index contributed by atoms with van der Waals surface area (Å²) in [5.74, 6) is -4.28. The van der Waals surface area contributed by atoms with E-state index in [1.807, 2.05) is 62.3 Å². The molecular weight excluding hydrogens is 591 g/mol. The van der Waals surface area contributed by atoms with Gasteiger partial charge in [-0.05, 0) is 63.2 Å². The summed E-state index contributed by atoms with van der Waals surface area (Å²) in [6.07, 6.45) is 0.237. The van der Waals surface area contributed by atoms with Crippen LogP contribution >= 0.6 is 0 Å². The number of carbonyl (C=O) groups is 2. The van der Waals surface area contributed by atoms with E-state index in [0.717, 1.165) is 6.42 Å². The molecule has 3 fully saturated rings. The summed E-state index contributed by atoms with van der Waals surface area (Å²) in [4.78, 5) is 29.7. The second kappa shape index (κ2) is 16.0. The normalized spacial score (nSPS) is 41.9. The van der Waals surface area contributed by atoms with Crippen molar-refractivity contribution in [2.75, 3.05) is 0 Å². The number of Topliss-reactive ketones (excluding diaryl/α,β-unsaturated/α-hetero) is 1. The fourth-order valence-electron chi connectivity index (χ4n) is 8.86. The maximum Gasteiger partial charge on any atom is 0.344 e. The molecule has 0 aromatic rings. The van der Waals surface area contributed by atoms with Gasteiger partial charge in [0.25, 0.3) is 0 Å². The molecule has 0 aromatic heterocycles. The van der Waals surface area contributed by atoms with Crippen LogP contribution in [-0.2, 0) is 28.7 Å². The van der Waals surface area contributed by atoms with Gasteiger partial charge >= 0.3 is 5.97 Å². The van der Waals surface area contributed by atoms with E-state index in [2.05, 4.69) is 4.89 Å². The van der Waals surface area contributed by atoms with Crippen LogP contribution in [0.1, 0.15) is 114 Å². The van der Waals surface area contributed by atoms with Gasteiger partial charge in [0.15, 0.2) is 5.79 Å². The minimum absolute atomic E-state index is 0. The van der Waals surface area contributed by atoms with Crippen molar-refractivity contribution in [3.63, 3.8) is 0 Å². The summed E-state index contributed by atoms with van der Waals surface area (Å²) in [6.45, 7) is 19.3. The molecule has 3 aliphatic rings. The first-order valence-corrected chi connectivity index (χ1v) is 16.9. The number of hydrogen-bond acceptors (Lipinski definition) is 10. The molecule has 15 atom stereocenters. The van der Waals surface area contributed by atoms with E-state index in [0.29, 0.717) is 32.1 Å². The van der Waals surface area contributed by atoms with Crippen molar-refractivity contribution in [1.29, 1.82) is 0 Å². The predicted molar refractivity (Wildman–Crippen MR) is 170 cm³/mol. The maximum absolute atomic E-state index is 14.1. The monoisotopic (exact) mass is 651 g/mol. The Bertz CT molecular complexity index is 998. The number of rotatable bonds is 13. The van der Waals surface area contributed by atoms with E-state index in [-0.39, 0.29) is 71.5 Å². The molecule has 45 heavy (non-hydrogen) atoms. The number of aliphatic hydroxyl groups excluding tert-OH is 2.